The maximum atomic E-state index is 12.4. The molecule has 3 aromatic rings. The molecule has 0 fully saturated rings. The number of rotatable bonds is 9. The van der Waals surface area contributed by atoms with Gasteiger partial charge in [-0.15, -0.1) is 0 Å². The van der Waals surface area contributed by atoms with Crippen LogP contribution >= 0.6 is 0 Å². The van der Waals surface area contributed by atoms with E-state index in [2.05, 4.69) is 5.10 Å². The van der Waals surface area contributed by atoms with Gasteiger partial charge in [0.2, 0.25) is 0 Å². The third-order valence-electron chi connectivity index (χ3n) is 4.08. The molecule has 0 unspecified atom stereocenters. The van der Waals surface area contributed by atoms with Crippen molar-refractivity contribution in [1.82, 2.24) is 9.78 Å². The fraction of sp³-hybridized carbons (Fsp3) is 0.286. The van der Waals surface area contributed by atoms with E-state index in [4.69, 9.17) is 14.2 Å². The summed E-state index contributed by atoms with van der Waals surface area (Å²) in [7, 11) is 0. The van der Waals surface area contributed by atoms with Gasteiger partial charge < -0.3 is 14.2 Å². The molecule has 0 saturated heterocycles. The molecule has 0 aliphatic carbocycles. The molecular weight excluding hydrogens is 376 g/mol. The molecule has 0 atom stereocenters. The first-order valence-electron chi connectivity index (χ1n) is 9.31. The summed E-state index contributed by atoms with van der Waals surface area (Å²) in [5.41, 5.74) is -0.901. The van der Waals surface area contributed by atoms with Gasteiger partial charge in [-0.25, -0.2) is 4.68 Å². The van der Waals surface area contributed by atoms with Crippen LogP contribution in [-0.4, -0.2) is 35.6 Å². The number of nitrogens with one attached hydrogen (secondary N) is 1. The Morgan fingerprint density at radius 3 is 2.17 bits per heavy atom. The average Bonchev–Trinajstić information content (AvgIpc) is 2.74. The van der Waals surface area contributed by atoms with Crippen molar-refractivity contribution in [3.8, 4) is 11.5 Å². The lowest BCUT2D eigenvalue weighted by Crippen LogP contribution is -2.33. The molecule has 1 heterocycles. The summed E-state index contributed by atoms with van der Waals surface area (Å²) in [4.78, 5) is 36.4. The van der Waals surface area contributed by atoms with Gasteiger partial charge >= 0.3 is 5.97 Å². The Balaban J connectivity index is 1.49. The van der Waals surface area contributed by atoms with Crippen molar-refractivity contribution in [2.75, 3.05) is 19.8 Å². The van der Waals surface area contributed by atoms with Crippen LogP contribution < -0.4 is 20.6 Å². The highest BCUT2D eigenvalue weighted by Crippen LogP contribution is 2.17. The molecule has 0 amide bonds. The molecule has 2 aromatic carbocycles. The van der Waals surface area contributed by atoms with Crippen LogP contribution in [-0.2, 0) is 16.1 Å². The fourth-order valence-electron chi connectivity index (χ4n) is 2.70. The van der Waals surface area contributed by atoms with Crippen molar-refractivity contribution >= 4 is 16.7 Å². The van der Waals surface area contributed by atoms with E-state index in [0.717, 1.165) is 16.9 Å². The molecule has 29 heavy (non-hydrogen) atoms. The number of benzene rings is 2. The van der Waals surface area contributed by atoms with Gasteiger partial charge in [0.05, 0.1) is 17.4 Å². The van der Waals surface area contributed by atoms with Crippen LogP contribution in [0.5, 0.6) is 11.5 Å². The van der Waals surface area contributed by atoms with E-state index >= 15 is 0 Å². The van der Waals surface area contributed by atoms with E-state index in [1.165, 1.54) is 0 Å². The van der Waals surface area contributed by atoms with E-state index in [0.29, 0.717) is 12.4 Å². The van der Waals surface area contributed by atoms with Gasteiger partial charge in [0, 0.05) is 0 Å². The third-order valence-corrected chi connectivity index (χ3v) is 4.08. The molecule has 8 heteroatoms. The van der Waals surface area contributed by atoms with Crippen LogP contribution in [0.15, 0.2) is 58.1 Å². The Hall–Kier alpha value is -3.55. The number of esters is 1. The Morgan fingerprint density at radius 1 is 0.897 bits per heavy atom. The second-order valence-electron chi connectivity index (χ2n) is 6.27. The van der Waals surface area contributed by atoms with Crippen LogP contribution in [0.2, 0.25) is 0 Å². The first-order valence-corrected chi connectivity index (χ1v) is 9.31. The van der Waals surface area contributed by atoms with Gasteiger partial charge in [-0.3, -0.25) is 19.5 Å². The van der Waals surface area contributed by atoms with Crippen molar-refractivity contribution < 1.29 is 19.0 Å². The highest BCUT2D eigenvalue weighted by Gasteiger charge is 2.11. The number of hydrogen-bond acceptors (Lipinski definition) is 6. The summed E-state index contributed by atoms with van der Waals surface area (Å²) in [5, 5.41) is 2.92. The molecule has 3 rings (SSSR count). The molecule has 0 bridgehead atoms. The Morgan fingerprint density at radius 2 is 1.52 bits per heavy atom. The number of carbonyl (C=O) groups excluding carboxylic acids is 1. The molecule has 8 nitrogen and oxygen atoms in total. The van der Waals surface area contributed by atoms with Crippen molar-refractivity contribution in [3.05, 3.63) is 69.2 Å². The van der Waals surface area contributed by atoms with Crippen molar-refractivity contribution in [3.63, 3.8) is 0 Å². The Kier molecular flexibility index (Phi) is 6.67. The molecule has 1 N–H and O–H groups in total. The lowest BCUT2D eigenvalue weighted by atomic mass is 10.2. The topological polar surface area (TPSA) is 99.6 Å². The predicted octanol–water partition coefficient (Wildman–Crippen LogP) is 2.10. The highest BCUT2D eigenvalue weighted by molar-refractivity contribution is 5.80. The average molecular weight is 398 g/mol. The summed E-state index contributed by atoms with van der Waals surface area (Å²) in [6.45, 7) is 2.47. The molecule has 0 spiro atoms. The zero-order chi connectivity index (χ0) is 20.6. The molecule has 0 aliphatic rings. The van der Waals surface area contributed by atoms with Gasteiger partial charge in [0.15, 0.2) is 0 Å². The van der Waals surface area contributed by atoms with Gasteiger partial charge in [-0.05, 0) is 42.8 Å². The van der Waals surface area contributed by atoms with Gasteiger partial charge in [0.1, 0.15) is 31.3 Å². The summed E-state index contributed by atoms with van der Waals surface area (Å²) in [6.07, 6.45) is 0.933. The maximum absolute atomic E-state index is 12.4. The smallest absolute Gasteiger partial charge is 0.327 e. The van der Waals surface area contributed by atoms with Crippen molar-refractivity contribution in [2.24, 2.45) is 0 Å². The van der Waals surface area contributed by atoms with Gasteiger partial charge in [-0.1, -0.05) is 19.1 Å². The third kappa shape index (κ3) is 5.25. The molecule has 0 aliphatic heterocycles. The van der Waals surface area contributed by atoms with E-state index in [1.807, 2.05) is 6.92 Å². The number of ether oxygens (including phenoxy) is 3. The number of hydrogen-bond donors (Lipinski definition) is 1. The number of fused-ring (bicyclic) bond motifs is 1. The minimum atomic E-state index is -0.648. The lowest BCUT2D eigenvalue weighted by molar-refractivity contribution is -0.145. The molecule has 152 valence electrons. The lowest BCUT2D eigenvalue weighted by Gasteiger charge is -2.10. The zero-order valence-electron chi connectivity index (χ0n) is 16.1. The first-order chi connectivity index (χ1) is 14.1. The second-order valence-corrected chi connectivity index (χ2v) is 6.27. The number of aromatic amines is 1. The normalized spacial score (nSPS) is 10.7. The largest absolute Gasteiger partial charge is 0.494 e. The Labute approximate surface area is 166 Å². The van der Waals surface area contributed by atoms with Gasteiger partial charge in [0.25, 0.3) is 11.1 Å². The van der Waals surface area contributed by atoms with E-state index in [-0.39, 0.29) is 30.5 Å². The van der Waals surface area contributed by atoms with Gasteiger partial charge in [-0.2, -0.15) is 0 Å². The fourth-order valence-corrected chi connectivity index (χ4v) is 2.70. The van der Waals surface area contributed by atoms with Crippen LogP contribution in [0, 0.1) is 0 Å². The van der Waals surface area contributed by atoms with E-state index < -0.39 is 17.1 Å². The van der Waals surface area contributed by atoms with Crippen molar-refractivity contribution in [1.29, 1.82) is 0 Å². The van der Waals surface area contributed by atoms with Crippen LogP contribution in [0.25, 0.3) is 10.8 Å². The van der Waals surface area contributed by atoms with Crippen LogP contribution in [0.4, 0.5) is 0 Å². The first kappa shape index (κ1) is 20.2. The maximum Gasteiger partial charge on any atom is 0.327 e. The SMILES string of the molecule is CCCOc1ccc(OCCOC(=O)Cn2[nH]c(=O)c3ccccc3c2=O)cc1. The molecule has 1 aromatic heterocycles. The number of aromatic nitrogens is 2. The highest BCUT2D eigenvalue weighted by atomic mass is 16.6. The monoisotopic (exact) mass is 398 g/mol. The predicted molar refractivity (Wildman–Crippen MR) is 108 cm³/mol. The number of H-pyrrole nitrogens is 1. The summed E-state index contributed by atoms with van der Waals surface area (Å²) in [6, 6.07) is 13.6. The number of nitrogens with zero attached hydrogens (tertiary/aromatic N) is 1. The summed E-state index contributed by atoms with van der Waals surface area (Å²) in [5.74, 6) is 0.741. The molecular formula is C21H22N2O6. The van der Waals surface area contributed by atoms with E-state index in [1.54, 1.807) is 48.5 Å². The minimum Gasteiger partial charge on any atom is -0.494 e. The second kappa shape index (κ2) is 9.59. The zero-order valence-corrected chi connectivity index (χ0v) is 16.1. The minimum absolute atomic E-state index is 0.0134. The summed E-state index contributed by atoms with van der Waals surface area (Å²) >= 11 is 0. The quantitative estimate of drug-likeness (QED) is 0.438. The van der Waals surface area contributed by atoms with E-state index in [9.17, 15) is 14.4 Å². The summed E-state index contributed by atoms with van der Waals surface area (Å²) < 4.78 is 17.0. The Bertz CT molecular complexity index is 1080. The van der Waals surface area contributed by atoms with Crippen molar-refractivity contribution in [2.45, 2.75) is 19.9 Å². The standard InChI is InChI=1S/C21H22N2O6/c1-2-11-27-15-7-9-16(10-8-15)28-12-13-29-19(24)14-23-21(26)18-6-4-3-5-17(18)20(25)22-23/h3-10H,2,11-14H2,1H3,(H,22,25). The van der Waals surface area contributed by atoms with Crippen LogP contribution in [0.3, 0.4) is 0 Å². The molecule has 0 radical (unpaired) electrons. The van der Waals surface area contributed by atoms with Crippen LogP contribution in [0.1, 0.15) is 13.3 Å². The molecule has 0 saturated carbocycles. The number of carbonyl (C=O) groups is 1.